The largest absolute Gasteiger partial charge is 0.493 e. The molecular weight excluding hydrogens is 681 g/mol. The zero-order chi connectivity index (χ0) is 37.4. The molecule has 0 aliphatic carbocycles. The first-order chi connectivity index (χ1) is 25.8. The standard InChI is InChI=1S/C41H44FN3O8/c1-7-13-49-38-24(3)39-41(53-22-52-39)35-28(38)17-30-36-34-27(14-23(2)37(48-6)40(34)51-21-47-5)16-29(44(36)4)31(19-43)45(30)32(35)20-50-33(46)12-11-25-9-8-10-26(15-25)18-42/h7-12,14-15,29-32,36H,1,13,16-18,20-22H2,2-6H3/b12-11+/t29-,30?,31-,32-,36+/m0/s1. The fourth-order valence-electron chi connectivity index (χ4n) is 8.72. The summed E-state index contributed by atoms with van der Waals surface area (Å²) in [6.07, 6.45) is 5.69. The predicted molar refractivity (Wildman–Crippen MR) is 194 cm³/mol. The molecule has 4 heterocycles. The van der Waals surface area contributed by atoms with Gasteiger partial charge in [-0.3, -0.25) is 9.80 Å². The molecule has 4 aliphatic heterocycles. The van der Waals surface area contributed by atoms with Crippen molar-refractivity contribution >= 4 is 12.0 Å². The Hall–Kier alpha value is -5.09. The molecule has 0 aromatic heterocycles. The minimum absolute atomic E-state index is 0.0204. The van der Waals surface area contributed by atoms with Gasteiger partial charge in [-0.2, -0.15) is 5.26 Å². The van der Waals surface area contributed by atoms with Crippen LogP contribution in [0.3, 0.4) is 0 Å². The van der Waals surface area contributed by atoms with E-state index in [1.807, 2.05) is 13.8 Å². The van der Waals surface area contributed by atoms with Crippen molar-refractivity contribution in [1.29, 1.82) is 5.26 Å². The average molecular weight is 726 g/mol. The molecule has 0 N–H and O–H groups in total. The van der Waals surface area contributed by atoms with Crippen molar-refractivity contribution in [1.82, 2.24) is 9.80 Å². The fraction of sp³-hybridized carbons (Fsp3) is 0.415. The number of carbonyl (C=O) groups excluding carboxylic acids is 1. The van der Waals surface area contributed by atoms with Gasteiger partial charge in [-0.05, 0) is 68.1 Å². The monoisotopic (exact) mass is 725 g/mol. The lowest BCUT2D eigenvalue weighted by molar-refractivity contribution is -0.143. The number of hydrogen-bond donors (Lipinski definition) is 0. The molecule has 12 heteroatoms. The number of piperazine rings is 1. The zero-order valence-electron chi connectivity index (χ0n) is 30.6. The molecule has 278 valence electrons. The van der Waals surface area contributed by atoms with E-state index < -0.39 is 24.7 Å². The van der Waals surface area contributed by atoms with Crippen LogP contribution >= 0.6 is 0 Å². The number of hydrogen-bond acceptors (Lipinski definition) is 11. The maximum absolute atomic E-state index is 13.4. The third-order valence-corrected chi connectivity index (χ3v) is 10.8. The number of halogens is 1. The molecule has 3 aromatic rings. The highest BCUT2D eigenvalue weighted by atomic mass is 19.1. The van der Waals surface area contributed by atoms with Gasteiger partial charge >= 0.3 is 5.97 Å². The number of methoxy groups -OCH3 is 2. The summed E-state index contributed by atoms with van der Waals surface area (Å²) in [7, 11) is 5.26. The van der Waals surface area contributed by atoms with Gasteiger partial charge in [0.1, 0.15) is 31.7 Å². The fourth-order valence-corrected chi connectivity index (χ4v) is 8.72. The van der Waals surface area contributed by atoms with Crippen LogP contribution in [-0.4, -0.2) is 82.0 Å². The number of ether oxygens (including phenoxy) is 7. The first-order valence-corrected chi connectivity index (χ1v) is 17.7. The Balaban J connectivity index is 1.38. The Kier molecular flexibility index (Phi) is 10.3. The Morgan fingerprint density at radius 2 is 1.89 bits per heavy atom. The lowest BCUT2D eigenvalue weighted by atomic mass is 9.71. The Morgan fingerprint density at radius 3 is 2.62 bits per heavy atom. The number of likely N-dealkylation sites (N-methyl/N-ethyl adjacent to an activating group) is 1. The van der Waals surface area contributed by atoms with Crippen LogP contribution in [0.4, 0.5) is 4.39 Å². The molecule has 4 aliphatic rings. The topological polar surface area (TPSA) is 112 Å². The van der Waals surface area contributed by atoms with E-state index in [1.54, 1.807) is 50.6 Å². The van der Waals surface area contributed by atoms with Gasteiger partial charge in [-0.1, -0.05) is 36.9 Å². The number of benzene rings is 3. The summed E-state index contributed by atoms with van der Waals surface area (Å²) in [5.41, 5.74) is 6.63. The minimum atomic E-state index is -0.612. The van der Waals surface area contributed by atoms with Crippen molar-refractivity contribution in [3.8, 4) is 34.8 Å². The number of rotatable bonds is 12. The van der Waals surface area contributed by atoms with E-state index in [4.69, 9.17) is 33.2 Å². The zero-order valence-corrected chi connectivity index (χ0v) is 30.6. The number of alkyl halides is 1. The second kappa shape index (κ2) is 15.1. The highest BCUT2D eigenvalue weighted by Crippen LogP contribution is 2.58. The molecule has 1 saturated heterocycles. The SMILES string of the molecule is C=CCOc1c(C)c2c(c3c1CC1[C@@H]4c5c(cc(C)c(OC)c5OCOC)C[C@@H]([C@H](C#N)N1[C@H]3COC(=O)/C=C/c1cccc(CF)c1)N4C)OCO2. The van der Waals surface area contributed by atoms with Gasteiger partial charge in [0.15, 0.2) is 29.8 Å². The number of esters is 1. The number of nitriles is 1. The summed E-state index contributed by atoms with van der Waals surface area (Å²) in [6.45, 7) is 7.42. The van der Waals surface area contributed by atoms with Crippen LogP contribution in [-0.2, 0) is 33.8 Å². The lowest BCUT2D eigenvalue weighted by Gasteiger charge is -2.59. The molecule has 0 saturated carbocycles. The molecule has 2 bridgehead atoms. The molecule has 0 amide bonds. The number of fused-ring (bicyclic) bond motifs is 9. The van der Waals surface area contributed by atoms with Crippen molar-refractivity contribution < 1.29 is 42.3 Å². The third kappa shape index (κ3) is 6.26. The summed E-state index contributed by atoms with van der Waals surface area (Å²) >= 11 is 0. The highest BCUT2D eigenvalue weighted by molar-refractivity contribution is 5.87. The molecule has 11 nitrogen and oxygen atoms in total. The molecule has 1 fully saturated rings. The number of carbonyl (C=O) groups is 1. The van der Waals surface area contributed by atoms with Crippen LogP contribution in [0.15, 0.2) is 49.1 Å². The van der Waals surface area contributed by atoms with Gasteiger partial charge in [0, 0.05) is 47.5 Å². The molecule has 5 atom stereocenters. The quantitative estimate of drug-likeness (QED) is 0.0937. The van der Waals surface area contributed by atoms with Crippen molar-refractivity contribution in [2.24, 2.45) is 0 Å². The molecule has 1 unspecified atom stereocenters. The summed E-state index contributed by atoms with van der Waals surface area (Å²) in [5, 5.41) is 11.0. The highest BCUT2D eigenvalue weighted by Gasteiger charge is 2.57. The van der Waals surface area contributed by atoms with E-state index in [9.17, 15) is 14.4 Å². The minimum Gasteiger partial charge on any atom is -0.493 e. The van der Waals surface area contributed by atoms with Crippen molar-refractivity contribution in [2.45, 2.75) is 63.6 Å². The normalized spacial score (nSPS) is 22.7. The first kappa shape index (κ1) is 36.3. The van der Waals surface area contributed by atoms with Crippen LogP contribution in [0.2, 0.25) is 0 Å². The lowest BCUT2D eigenvalue weighted by Crippen LogP contribution is -2.68. The van der Waals surface area contributed by atoms with Crippen molar-refractivity contribution in [3.63, 3.8) is 0 Å². The number of aryl methyl sites for hydroxylation is 1. The van der Waals surface area contributed by atoms with Gasteiger partial charge in [0.25, 0.3) is 0 Å². The van der Waals surface area contributed by atoms with E-state index in [2.05, 4.69) is 35.6 Å². The smallest absolute Gasteiger partial charge is 0.330 e. The van der Waals surface area contributed by atoms with Gasteiger partial charge in [-0.25, -0.2) is 9.18 Å². The Morgan fingerprint density at radius 1 is 1.08 bits per heavy atom. The summed E-state index contributed by atoms with van der Waals surface area (Å²) < 4.78 is 55.5. The van der Waals surface area contributed by atoms with E-state index >= 15 is 0 Å². The van der Waals surface area contributed by atoms with Crippen LogP contribution in [0.5, 0.6) is 28.7 Å². The summed E-state index contributed by atoms with van der Waals surface area (Å²) in [4.78, 5) is 17.9. The number of nitrogens with zero attached hydrogens (tertiary/aromatic N) is 3. The van der Waals surface area contributed by atoms with E-state index in [-0.39, 0.29) is 44.9 Å². The molecule has 53 heavy (non-hydrogen) atoms. The molecule has 3 aromatic carbocycles. The maximum atomic E-state index is 13.4. The van der Waals surface area contributed by atoms with Crippen molar-refractivity contribution in [2.75, 3.05) is 48.1 Å². The molecule has 0 spiro atoms. The van der Waals surface area contributed by atoms with Crippen LogP contribution in [0.25, 0.3) is 6.08 Å². The Bertz CT molecular complexity index is 1990. The second-order valence-corrected chi connectivity index (χ2v) is 13.7. The van der Waals surface area contributed by atoms with Crippen LogP contribution in [0, 0.1) is 25.2 Å². The summed E-state index contributed by atoms with van der Waals surface area (Å²) in [6, 6.07) is 9.70. The molecular formula is C41H44FN3O8. The van der Waals surface area contributed by atoms with Gasteiger partial charge < -0.3 is 33.2 Å². The predicted octanol–water partition coefficient (Wildman–Crippen LogP) is 6.09. The summed E-state index contributed by atoms with van der Waals surface area (Å²) in [5.74, 6) is 2.43. The van der Waals surface area contributed by atoms with Gasteiger partial charge in [-0.15, -0.1) is 0 Å². The van der Waals surface area contributed by atoms with Crippen LogP contribution < -0.4 is 23.7 Å². The first-order valence-electron chi connectivity index (χ1n) is 17.7. The third-order valence-electron chi connectivity index (χ3n) is 10.8. The van der Waals surface area contributed by atoms with Crippen molar-refractivity contribution in [3.05, 3.63) is 93.6 Å². The molecule has 0 radical (unpaired) electrons. The van der Waals surface area contributed by atoms with E-state index in [0.717, 1.165) is 33.4 Å². The van der Waals surface area contributed by atoms with Crippen LogP contribution in [0.1, 0.15) is 56.6 Å². The molecule has 7 rings (SSSR count). The maximum Gasteiger partial charge on any atom is 0.330 e. The second-order valence-electron chi connectivity index (χ2n) is 13.7. The average Bonchev–Trinajstić information content (AvgIpc) is 3.66. The van der Waals surface area contributed by atoms with Gasteiger partial charge in [0.2, 0.25) is 6.79 Å². The van der Waals surface area contributed by atoms with E-state index in [0.29, 0.717) is 52.7 Å². The van der Waals surface area contributed by atoms with Gasteiger partial charge in [0.05, 0.1) is 25.3 Å². The Labute approximate surface area is 309 Å². The van der Waals surface area contributed by atoms with E-state index in [1.165, 1.54) is 6.08 Å².